The Morgan fingerprint density at radius 1 is 1.26 bits per heavy atom. The molecule has 19 heavy (non-hydrogen) atoms. The lowest BCUT2D eigenvalue weighted by atomic mass is 9.86. The number of carbonyl (C=O) groups is 2. The molecule has 0 bridgehead atoms. The number of carbonyl (C=O) groups excluding carboxylic acids is 2. The van der Waals surface area contributed by atoms with Gasteiger partial charge in [0, 0.05) is 11.3 Å². The van der Waals surface area contributed by atoms with Crippen LogP contribution in [-0.4, -0.2) is 25.2 Å². The summed E-state index contributed by atoms with van der Waals surface area (Å²) < 4.78 is 5.02. The van der Waals surface area contributed by atoms with Crippen molar-refractivity contribution in [3.05, 3.63) is 42.0 Å². The molecule has 1 amide bonds. The zero-order valence-corrected chi connectivity index (χ0v) is 11.3. The molecule has 1 N–H and O–H groups in total. The van der Waals surface area contributed by atoms with Gasteiger partial charge in [0.2, 0.25) is 0 Å². The van der Waals surface area contributed by atoms with Gasteiger partial charge in [-0.1, -0.05) is 6.58 Å². The summed E-state index contributed by atoms with van der Waals surface area (Å²) in [7, 11) is 5.59. The maximum Gasteiger partial charge on any atom is 0.337 e. The summed E-state index contributed by atoms with van der Waals surface area (Å²) in [6.07, 6.45) is 0. The monoisotopic (exact) mass is 257 g/mol. The second-order valence-corrected chi connectivity index (χ2v) is 4.80. The fourth-order valence-electron chi connectivity index (χ4n) is 1.23. The van der Waals surface area contributed by atoms with Crippen molar-refractivity contribution in [2.24, 2.45) is 0 Å². The van der Waals surface area contributed by atoms with Crippen LogP contribution in [0.3, 0.4) is 0 Å². The van der Waals surface area contributed by atoms with Crippen molar-refractivity contribution in [1.29, 1.82) is 0 Å². The molecule has 0 saturated heterocycles. The number of ether oxygens (including phenoxy) is 1. The number of hydrogen-bond acceptors (Lipinski definition) is 3. The van der Waals surface area contributed by atoms with E-state index < -0.39 is 11.5 Å². The summed E-state index contributed by atoms with van der Waals surface area (Å²) in [6.45, 7) is 8.33. The van der Waals surface area contributed by atoms with Crippen LogP contribution in [0.15, 0.2) is 36.4 Å². The van der Waals surface area contributed by atoms with E-state index in [4.69, 9.17) is 12.6 Å². The molecule has 1 aromatic carbocycles. The molecule has 0 aliphatic rings. The van der Waals surface area contributed by atoms with Gasteiger partial charge in [-0.15, -0.1) is 0 Å². The third kappa shape index (κ3) is 5.00. The molecule has 0 heterocycles. The largest absolute Gasteiger partial charge is 0.467 e. The van der Waals surface area contributed by atoms with Crippen molar-refractivity contribution in [2.75, 3.05) is 5.32 Å². The van der Waals surface area contributed by atoms with Gasteiger partial charge in [-0.25, -0.2) is 4.79 Å². The molecule has 4 nitrogen and oxygen atoms in total. The Bertz CT molecular complexity index is 500. The van der Waals surface area contributed by atoms with Gasteiger partial charge in [0.1, 0.15) is 7.85 Å². The molecule has 0 aliphatic carbocycles. The van der Waals surface area contributed by atoms with Crippen molar-refractivity contribution < 1.29 is 14.3 Å². The normalized spacial score (nSPS) is 10.7. The van der Waals surface area contributed by atoms with Gasteiger partial charge >= 0.3 is 5.97 Å². The number of rotatable bonds is 4. The van der Waals surface area contributed by atoms with Gasteiger partial charge in [0.15, 0.2) is 0 Å². The fourth-order valence-corrected chi connectivity index (χ4v) is 1.23. The highest BCUT2D eigenvalue weighted by Crippen LogP contribution is 2.14. The quantitative estimate of drug-likeness (QED) is 0.511. The van der Waals surface area contributed by atoms with Crippen LogP contribution in [0.4, 0.5) is 5.69 Å². The first-order valence-electron chi connectivity index (χ1n) is 5.78. The minimum atomic E-state index is -1.02. The molecule has 0 unspecified atom stereocenters. The summed E-state index contributed by atoms with van der Waals surface area (Å²) in [6, 6.07) is 6.34. The highest BCUT2D eigenvalue weighted by atomic mass is 16.6. The predicted octanol–water partition coefficient (Wildman–Crippen LogP) is 2.26. The second-order valence-electron chi connectivity index (χ2n) is 4.80. The van der Waals surface area contributed by atoms with Crippen LogP contribution < -0.4 is 5.32 Å². The van der Waals surface area contributed by atoms with Gasteiger partial charge in [-0.05, 0) is 45.0 Å². The molecule has 0 saturated carbocycles. The van der Waals surface area contributed by atoms with E-state index in [2.05, 4.69) is 11.9 Å². The maximum absolute atomic E-state index is 11.7. The molecule has 2 radical (unpaired) electrons. The zero-order chi connectivity index (χ0) is 14.6. The van der Waals surface area contributed by atoms with Gasteiger partial charge < -0.3 is 10.1 Å². The Labute approximate surface area is 114 Å². The Morgan fingerprint density at radius 2 is 1.79 bits per heavy atom. The average molecular weight is 257 g/mol. The number of hydrogen-bond donors (Lipinski definition) is 1. The van der Waals surface area contributed by atoms with E-state index in [-0.39, 0.29) is 5.91 Å². The molecule has 1 rings (SSSR count). The fraction of sp³-hybridized carbons (Fsp3) is 0.286. The SMILES string of the molecule is [B]C(C)(C)OC(=O)c1ccc(NC(=O)C(=C)C)cc1. The van der Waals surface area contributed by atoms with Crippen LogP contribution in [0.25, 0.3) is 0 Å². The Morgan fingerprint density at radius 3 is 2.21 bits per heavy atom. The maximum atomic E-state index is 11.7. The first-order valence-corrected chi connectivity index (χ1v) is 5.78. The van der Waals surface area contributed by atoms with Gasteiger partial charge in [-0.3, -0.25) is 4.79 Å². The van der Waals surface area contributed by atoms with E-state index in [1.54, 1.807) is 45.0 Å². The topological polar surface area (TPSA) is 55.4 Å². The Kier molecular flexibility index (Phi) is 4.54. The summed E-state index contributed by atoms with van der Waals surface area (Å²) >= 11 is 0. The number of anilines is 1. The van der Waals surface area contributed by atoms with Crippen LogP contribution in [0, 0.1) is 0 Å². The molecule has 0 aliphatic heterocycles. The molecular weight excluding hydrogens is 241 g/mol. The molecule has 1 aromatic rings. The van der Waals surface area contributed by atoms with E-state index in [0.717, 1.165) is 0 Å². The van der Waals surface area contributed by atoms with E-state index in [0.29, 0.717) is 16.8 Å². The molecule has 98 valence electrons. The number of nitrogens with one attached hydrogen (secondary N) is 1. The van der Waals surface area contributed by atoms with Gasteiger partial charge in [-0.2, -0.15) is 0 Å². The lowest BCUT2D eigenvalue weighted by molar-refractivity contribution is -0.112. The van der Waals surface area contributed by atoms with Crippen molar-refractivity contribution in [3.63, 3.8) is 0 Å². The summed E-state index contributed by atoms with van der Waals surface area (Å²) in [5, 5.41) is 2.64. The average Bonchev–Trinajstić information content (AvgIpc) is 2.27. The summed E-state index contributed by atoms with van der Waals surface area (Å²) in [5.41, 5.74) is 0.334. The minimum Gasteiger partial charge on any atom is -0.467 e. The van der Waals surface area contributed by atoms with Crippen molar-refractivity contribution >= 4 is 25.4 Å². The predicted molar refractivity (Wildman–Crippen MR) is 75.1 cm³/mol. The third-order valence-electron chi connectivity index (χ3n) is 2.12. The lowest BCUT2D eigenvalue weighted by Crippen LogP contribution is -2.28. The standard InChI is InChI=1S/C14H16BNO3/c1-9(2)12(17)16-11-7-5-10(6-8-11)13(18)19-14(3,4)15/h5-8H,1H2,2-4H3,(H,16,17). The smallest absolute Gasteiger partial charge is 0.337 e. The van der Waals surface area contributed by atoms with Crippen LogP contribution in [0.1, 0.15) is 31.1 Å². The molecule has 0 atom stereocenters. The molecular formula is C14H16BNO3. The van der Waals surface area contributed by atoms with Gasteiger partial charge in [0.05, 0.1) is 11.1 Å². The molecule has 0 fully saturated rings. The highest BCUT2D eigenvalue weighted by Gasteiger charge is 2.17. The van der Waals surface area contributed by atoms with E-state index in [1.165, 1.54) is 0 Å². The van der Waals surface area contributed by atoms with Crippen LogP contribution >= 0.6 is 0 Å². The number of esters is 1. The van der Waals surface area contributed by atoms with E-state index in [1.807, 2.05) is 0 Å². The van der Waals surface area contributed by atoms with Crippen molar-refractivity contribution in [2.45, 2.75) is 26.3 Å². The second kappa shape index (κ2) is 5.74. The molecule has 0 spiro atoms. The highest BCUT2D eigenvalue weighted by molar-refractivity contribution is 6.15. The van der Waals surface area contributed by atoms with Crippen molar-refractivity contribution in [3.8, 4) is 0 Å². The van der Waals surface area contributed by atoms with Crippen LogP contribution in [0.5, 0.6) is 0 Å². The molecule has 0 aromatic heterocycles. The minimum absolute atomic E-state index is 0.265. The summed E-state index contributed by atoms with van der Waals surface area (Å²) in [5.74, 6) is -0.774. The lowest BCUT2D eigenvalue weighted by Gasteiger charge is -2.20. The Balaban J connectivity index is 2.74. The van der Waals surface area contributed by atoms with E-state index in [9.17, 15) is 9.59 Å². The van der Waals surface area contributed by atoms with Crippen LogP contribution in [0.2, 0.25) is 0 Å². The van der Waals surface area contributed by atoms with E-state index >= 15 is 0 Å². The zero-order valence-electron chi connectivity index (χ0n) is 11.3. The first-order chi connectivity index (χ1) is 8.69. The number of benzene rings is 1. The first kappa shape index (κ1) is 15.0. The third-order valence-corrected chi connectivity index (χ3v) is 2.12. The summed E-state index contributed by atoms with van der Waals surface area (Å²) in [4.78, 5) is 23.1. The van der Waals surface area contributed by atoms with Crippen molar-refractivity contribution in [1.82, 2.24) is 0 Å². The molecule has 5 heteroatoms. The van der Waals surface area contributed by atoms with Crippen LogP contribution in [-0.2, 0) is 9.53 Å². The van der Waals surface area contributed by atoms with Gasteiger partial charge in [0.25, 0.3) is 5.91 Å². The Hall–Kier alpha value is -2.04. The number of amides is 1.